The topological polar surface area (TPSA) is 175 Å². The maximum absolute atomic E-state index is 13.6. The number of methoxy groups -OCH3 is 2. The van der Waals surface area contributed by atoms with E-state index < -0.39 is 24.3 Å². The summed E-state index contributed by atoms with van der Waals surface area (Å²) in [6.07, 6.45) is 5.67. The van der Waals surface area contributed by atoms with Gasteiger partial charge in [0, 0.05) is 23.5 Å². The normalized spacial score (nSPS) is 18.0. The number of amides is 4. The van der Waals surface area contributed by atoms with Crippen molar-refractivity contribution in [2.24, 2.45) is 11.8 Å². The molecule has 2 aromatic carbocycles. The van der Waals surface area contributed by atoms with Gasteiger partial charge < -0.3 is 39.9 Å². The van der Waals surface area contributed by atoms with Crippen molar-refractivity contribution < 1.29 is 28.7 Å². The van der Waals surface area contributed by atoms with Crippen LogP contribution in [-0.4, -0.2) is 93.1 Å². The van der Waals surface area contributed by atoms with Crippen LogP contribution in [0.4, 0.5) is 9.59 Å². The van der Waals surface area contributed by atoms with E-state index >= 15 is 0 Å². The Morgan fingerprint density at radius 2 is 1.16 bits per heavy atom. The van der Waals surface area contributed by atoms with E-state index in [4.69, 9.17) is 19.4 Å². The minimum Gasteiger partial charge on any atom is -0.453 e. The molecule has 14 nitrogen and oxygen atoms in total. The van der Waals surface area contributed by atoms with Crippen LogP contribution in [0.1, 0.15) is 77.1 Å². The summed E-state index contributed by atoms with van der Waals surface area (Å²) in [4.78, 5) is 73.3. The Kier molecular flexibility index (Phi) is 11.7. The van der Waals surface area contributed by atoms with Crippen LogP contribution in [0.15, 0.2) is 60.9 Å². The molecule has 0 saturated carbocycles. The summed E-state index contributed by atoms with van der Waals surface area (Å²) >= 11 is 1.67. The van der Waals surface area contributed by atoms with Gasteiger partial charge in [0.1, 0.15) is 23.7 Å². The fourth-order valence-corrected chi connectivity index (χ4v) is 8.84. The molecular weight excluding hydrogens is 745 g/mol. The number of nitrogens with one attached hydrogen (secondary N) is 4. The summed E-state index contributed by atoms with van der Waals surface area (Å²) < 4.78 is 9.53. The average molecular weight is 795 g/mol. The van der Waals surface area contributed by atoms with E-state index in [9.17, 15) is 19.2 Å². The third-order valence-electron chi connectivity index (χ3n) is 11.0. The van der Waals surface area contributed by atoms with Gasteiger partial charge in [-0.15, -0.1) is 11.3 Å². The number of ether oxygens (including phenoxy) is 2. The van der Waals surface area contributed by atoms with Gasteiger partial charge in [-0.25, -0.2) is 19.6 Å². The molecule has 0 radical (unpaired) electrons. The average Bonchev–Trinajstić information content (AvgIpc) is 4.06. The van der Waals surface area contributed by atoms with Crippen molar-refractivity contribution in [2.45, 2.75) is 77.5 Å². The van der Waals surface area contributed by atoms with E-state index in [1.165, 1.54) is 14.2 Å². The molecule has 0 spiro atoms. The second-order valence-electron chi connectivity index (χ2n) is 15.4. The molecular formula is C42H50N8O6S. The van der Waals surface area contributed by atoms with Crippen LogP contribution in [0, 0.1) is 11.8 Å². The Labute approximate surface area is 335 Å². The lowest BCUT2D eigenvalue weighted by Gasteiger charge is -2.30. The van der Waals surface area contributed by atoms with E-state index in [2.05, 4.69) is 69.1 Å². The first-order valence-electron chi connectivity index (χ1n) is 19.5. The number of thiophene rings is 1. The number of alkyl carbamates (subject to hydrolysis) is 2. The van der Waals surface area contributed by atoms with Crippen LogP contribution in [0.2, 0.25) is 0 Å². The Bertz CT molecular complexity index is 2260. The van der Waals surface area contributed by atoms with Crippen molar-refractivity contribution in [3.8, 4) is 32.3 Å². The van der Waals surface area contributed by atoms with E-state index in [0.717, 1.165) is 80.4 Å². The molecule has 4 amide bonds. The molecule has 57 heavy (non-hydrogen) atoms. The van der Waals surface area contributed by atoms with Gasteiger partial charge >= 0.3 is 12.2 Å². The molecule has 300 valence electrons. The van der Waals surface area contributed by atoms with Crippen LogP contribution in [0.25, 0.3) is 43.0 Å². The lowest BCUT2D eigenvalue weighted by molar-refractivity contribution is -0.136. The fraction of sp³-hybridized carbons (Fsp3) is 0.429. The number of hydrogen-bond acceptors (Lipinski definition) is 9. The largest absolute Gasteiger partial charge is 0.453 e. The number of fused-ring (bicyclic) bond motifs is 1. The van der Waals surface area contributed by atoms with Gasteiger partial charge in [-0.05, 0) is 78.1 Å². The van der Waals surface area contributed by atoms with Crippen LogP contribution < -0.4 is 10.6 Å². The Balaban J connectivity index is 1.04. The van der Waals surface area contributed by atoms with E-state index in [0.29, 0.717) is 13.1 Å². The molecule has 5 aromatic rings. The molecule has 5 heterocycles. The second-order valence-corrected chi connectivity index (χ2v) is 16.5. The summed E-state index contributed by atoms with van der Waals surface area (Å²) in [6.45, 7) is 8.81. The van der Waals surface area contributed by atoms with Gasteiger partial charge in [-0.1, -0.05) is 52.0 Å². The number of H-pyrrole nitrogens is 2. The van der Waals surface area contributed by atoms with Gasteiger partial charge in [-0.3, -0.25) is 9.59 Å². The minimum atomic E-state index is -0.688. The highest BCUT2D eigenvalue weighted by Crippen LogP contribution is 2.38. The maximum Gasteiger partial charge on any atom is 0.407 e. The lowest BCUT2D eigenvalue weighted by atomic mass is 10.0. The van der Waals surface area contributed by atoms with Gasteiger partial charge in [0.25, 0.3) is 0 Å². The number of aromatic amines is 2. The molecule has 2 fully saturated rings. The third-order valence-corrected chi connectivity index (χ3v) is 12.2. The summed E-state index contributed by atoms with van der Waals surface area (Å²) in [5.41, 5.74) is 3.86. The summed E-state index contributed by atoms with van der Waals surface area (Å²) in [5, 5.41) is 7.60. The number of likely N-dealkylation sites (tertiary alicyclic amines) is 2. The highest BCUT2D eigenvalue weighted by atomic mass is 32.1. The van der Waals surface area contributed by atoms with Crippen LogP contribution >= 0.6 is 11.3 Å². The number of carbonyl (C=O) groups excluding carboxylic acids is 4. The van der Waals surface area contributed by atoms with Gasteiger partial charge in [0.05, 0.1) is 55.0 Å². The zero-order valence-electron chi connectivity index (χ0n) is 33.1. The van der Waals surface area contributed by atoms with Gasteiger partial charge in [0.15, 0.2) is 0 Å². The first kappa shape index (κ1) is 39.5. The van der Waals surface area contributed by atoms with Gasteiger partial charge in [0.2, 0.25) is 11.8 Å². The predicted octanol–water partition coefficient (Wildman–Crippen LogP) is 7.44. The lowest BCUT2D eigenvalue weighted by Crippen LogP contribution is -2.51. The fourth-order valence-electron chi connectivity index (χ4n) is 7.87. The van der Waals surface area contributed by atoms with Crippen molar-refractivity contribution in [1.29, 1.82) is 0 Å². The predicted molar refractivity (Wildman–Crippen MR) is 218 cm³/mol. The standard InChI is InChI=1S/C42H50N8O6S/c1-23(2)35(47-41(53)55-5)39(51)49-17-7-9-31(49)37-43-21-29(45-37)27-13-11-26-20-28(14-12-25(26)19-27)33-15-16-34(57-33)30-22-44-38(46-30)32-10-8-18-50(32)40(52)36(24(3)4)48-42(54)56-6/h11-16,19-24,31-32,35-36H,7-10,17-18H2,1-6H3,(H,43,45)(H,44,46)(H,47,53)(H,48,54)/t31?,32?,35?,36-/m0/s1. The van der Waals surface area contributed by atoms with E-state index in [1.54, 1.807) is 11.3 Å². The zero-order chi connectivity index (χ0) is 40.4. The zero-order valence-corrected chi connectivity index (χ0v) is 33.9. The number of benzene rings is 2. The quantitative estimate of drug-likeness (QED) is 0.107. The van der Waals surface area contributed by atoms with Crippen LogP contribution in [-0.2, 0) is 19.1 Å². The van der Waals surface area contributed by atoms with Crippen molar-refractivity contribution >= 4 is 46.1 Å². The Morgan fingerprint density at radius 1 is 0.684 bits per heavy atom. The number of rotatable bonds is 11. The number of nitrogens with zero attached hydrogens (tertiary/aromatic N) is 4. The molecule has 4 N–H and O–H groups in total. The highest BCUT2D eigenvalue weighted by molar-refractivity contribution is 7.18. The van der Waals surface area contributed by atoms with Crippen LogP contribution in [0.3, 0.4) is 0 Å². The Hall–Kier alpha value is -5.70. The highest BCUT2D eigenvalue weighted by Gasteiger charge is 2.39. The maximum atomic E-state index is 13.6. The molecule has 0 aliphatic carbocycles. The number of carbonyl (C=O) groups is 4. The smallest absolute Gasteiger partial charge is 0.407 e. The molecule has 2 aliphatic heterocycles. The first-order chi connectivity index (χ1) is 27.4. The number of imidazole rings is 2. The molecule has 2 saturated heterocycles. The Morgan fingerprint density at radius 3 is 1.68 bits per heavy atom. The molecule has 0 bridgehead atoms. The molecule has 15 heteroatoms. The molecule has 3 unspecified atom stereocenters. The third kappa shape index (κ3) is 8.24. The van der Waals surface area contributed by atoms with Crippen molar-refractivity contribution in [1.82, 2.24) is 40.4 Å². The SMILES string of the molecule is COC(=O)NC(C(=O)N1CCCC1c1ncc(-c2ccc3cc(-c4ccc(-c5cnc(C6CCCN6C(=O)[C@@H](NC(=O)OC)C(C)C)[nH]5)s4)ccc3c2)[nH]1)C(C)C. The van der Waals surface area contributed by atoms with Crippen molar-refractivity contribution in [3.05, 3.63) is 72.6 Å². The number of aromatic nitrogens is 4. The summed E-state index contributed by atoms with van der Waals surface area (Å²) in [7, 11) is 2.58. The van der Waals surface area contributed by atoms with E-state index in [1.807, 2.05) is 49.9 Å². The molecule has 2 aliphatic rings. The van der Waals surface area contributed by atoms with Crippen LogP contribution in [0.5, 0.6) is 0 Å². The van der Waals surface area contributed by atoms with Crippen molar-refractivity contribution in [3.63, 3.8) is 0 Å². The number of hydrogen-bond donors (Lipinski definition) is 4. The monoisotopic (exact) mass is 794 g/mol. The van der Waals surface area contributed by atoms with Crippen molar-refractivity contribution in [2.75, 3.05) is 27.3 Å². The molecule has 4 atom stereocenters. The minimum absolute atomic E-state index is 0.104. The van der Waals surface area contributed by atoms with Gasteiger partial charge in [-0.2, -0.15) is 0 Å². The van der Waals surface area contributed by atoms with E-state index in [-0.39, 0.29) is 35.7 Å². The molecule has 7 rings (SSSR count). The molecule has 3 aromatic heterocycles. The first-order valence-corrected chi connectivity index (χ1v) is 20.3. The second kappa shape index (κ2) is 16.8. The summed E-state index contributed by atoms with van der Waals surface area (Å²) in [6, 6.07) is 15.2. The summed E-state index contributed by atoms with van der Waals surface area (Å²) in [5.74, 6) is 0.980.